The summed E-state index contributed by atoms with van der Waals surface area (Å²) in [4.78, 5) is 92.5. The fourth-order valence-corrected chi connectivity index (χ4v) is 8.28. The first-order valence-corrected chi connectivity index (χ1v) is 28.1. The fourth-order valence-electron chi connectivity index (χ4n) is 8.28. The quantitative estimate of drug-likeness (QED) is 0.0319. The van der Waals surface area contributed by atoms with Crippen molar-refractivity contribution in [3.8, 4) is 0 Å². The molecule has 0 spiro atoms. The zero-order valence-corrected chi connectivity index (χ0v) is 45.6. The highest BCUT2D eigenvalue weighted by molar-refractivity contribution is 5.73. The molecule has 2 atom stereocenters. The van der Waals surface area contributed by atoms with Crippen LogP contribution in [0.5, 0.6) is 0 Å². The average molecular weight is 1010 g/mol. The molecule has 412 valence electrons. The van der Waals surface area contributed by atoms with E-state index in [0.717, 1.165) is 128 Å². The van der Waals surface area contributed by atoms with Crippen LogP contribution in [0.4, 0.5) is 4.79 Å². The van der Waals surface area contributed by atoms with Crippen molar-refractivity contribution >= 4 is 41.9 Å². The van der Waals surface area contributed by atoms with Crippen molar-refractivity contribution in [3.63, 3.8) is 0 Å². The van der Waals surface area contributed by atoms with Gasteiger partial charge >= 0.3 is 41.9 Å². The normalized spacial score (nSPS) is 14.6. The van der Waals surface area contributed by atoms with E-state index in [0.29, 0.717) is 25.7 Å². The SMILES string of the molecule is CCCCCCCCC(=O)OCC(COC(=O)CCCCCCCC)CC(=O)OC[C@H]1C[C@@H](OC(=O)CC(COC(=O)CCCCCCCC)COC(=O)CCCCCCCC)CN1C(=O)OC(C)(C)C. The Morgan fingerprint density at radius 3 is 1.10 bits per heavy atom. The molecule has 15 nitrogen and oxygen atoms in total. The molecule has 0 aromatic heterocycles. The highest BCUT2D eigenvalue weighted by Gasteiger charge is 2.40. The van der Waals surface area contributed by atoms with Crippen molar-refractivity contribution in [2.75, 3.05) is 39.6 Å². The first-order chi connectivity index (χ1) is 34.1. The molecule has 0 unspecified atom stereocenters. The number of hydrogen-bond acceptors (Lipinski definition) is 14. The topological polar surface area (TPSA) is 187 Å². The van der Waals surface area contributed by atoms with Crippen molar-refractivity contribution in [2.24, 2.45) is 11.8 Å². The Hall–Kier alpha value is -3.91. The van der Waals surface area contributed by atoms with Gasteiger partial charge in [0.15, 0.2) is 0 Å². The van der Waals surface area contributed by atoms with Crippen LogP contribution in [0.3, 0.4) is 0 Å². The molecule has 1 saturated heterocycles. The number of unbranched alkanes of at least 4 members (excludes halogenated alkanes) is 20. The first-order valence-electron chi connectivity index (χ1n) is 28.1. The maximum absolute atomic E-state index is 13.5. The van der Waals surface area contributed by atoms with E-state index in [1.165, 1.54) is 4.90 Å². The number of esters is 6. The lowest BCUT2D eigenvalue weighted by Gasteiger charge is -2.28. The Labute approximate surface area is 428 Å². The van der Waals surface area contributed by atoms with E-state index in [2.05, 4.69) is 27.7 Å². The lowest BCUT2D eigenvalue weighted by atomic mass is 10.1. The van der Waals surface area contributed by atoms with Gasteiger partial charge in [-0.3, -0.25) is 33.7 Å². The van der Waals surface area contributed by atoms with Crippen LogP contribution in [-0.2, 0) is 61.9 Å². The molecule has 0 aliphatic carbocycles. The third kappa shape index (κ3) is 36.6. The van der Waals surface area contributed by atoms with E-state index < -0.39 is 47.6 Å². The summed E-state index contributed by atoms with van der Waals surface area (Å²) in [7, 11) is 0. The van der Waals surface area contributed by atoms with Crippen LogP contribution in [0.1, 0.15) is 248 Å². The minimum atomic E-state index is -0.842. The summed E-state index contributed by atoms with van der Waals surface area (Å²) in [5.41, 5.74) is -0.842. The van der Waals surface area contributed by atoms with Crippen LogP contribution in [-0.4, -0.2) is 104 Å². The minimum absolute atomic E-state index is 0.0280. The third-order valence-corrected chi connectivity index (χ3v) is 12.5. The predicted octanol–water partition coefficient (Wildman–Crippen LogP) is 12.6. The molecule has 1 amide bonds. The Morgan fingerprint density at radius 1 is 0.437 bits per heavy atom. The second kappa shape index (κ2) is 41.6. The molecule has 1 heterocycles. The summed E-state index contributed by atoms with van der Waals surface area (Å²) < 4.78 is 39.6. The van der Waals surface area contributed by atoms with E-state index in [1.54, 1.807) is 20.8 Å². The van der Waals surface area contributed by atoms with Gasteiger partial charge in [0.25, 0.3) is 0 Å². The molecular weight excluding hydrogens is 911 g/mol. The number of carbonyl (C=O) groups is 7. The van der Waals surface area contributed by atoms with Gasteiger partial charge in [-0.2, -0.15) is 0 Å². The Morgan fingerprint density at radius 2 is 0.761 bits per heavy atom. The number of carbonyl (C=O) groups excluding carboxylic acids is 7. The van der Waals surface area contributed by atoms with Gasteiger partial charge in [-0.05, 0) is 46.5 Å². The number of nitrogens with zero attached hydrogens (tertiary/aromatic N) is 1. The van der Waals surface area contributed by atoms with Gasteiger partial charge in [0.2, 0.25) is 0 Å². The van der Waals surface area contributed by atoms with E-state index in [9.17, 15) is 33.6 Å². The Balaban J connectivity index is 3.00. The van der Waals surface area contributed by atoms with Crippen molar-refractivity contribution in [3.05, 3.63) is 0 Å². The highest BCUT2D eigenvalue weighted by atomic mass is 16.6. The molecule has 1 aliphatic heterocycles. The minimum Gasteiger partial charge on any atom is -0.465 e. The van der Waals surface area contributed by atoms with Gasteiger partial charge in [-0.15, -0.1) is 0 Å². The highest BCUT2D eigenvalue weighted by Crippen LogP contribution is 2.26. The molecule has 0 N–H and O–H groups in total. The zero-order chi connectivity index (χ0) is 52.5. The Bertz CT molecular complexity index is 1400. The van der Waals surface area contributed by atoms with Crippen LogP contribution < -0.4 is 0 Å². The molecule has 71 heavy (non-hydrogen) atoms. The molecule has 1 fully saturated rings. The van der Waals surface area contributed by atoms with E-state index >= 15 is 0 Å². The largest absolute Gasteiger partial charge is 0.465 e. The number of amides is 1. The van der Waals surface area contributed by atoms with Crippen LogP contribution in [0.25, 0.3) is 0 Å². The van der Waals surface area contributed by atoms with Crippen LogP contribution in [0.2, 0.25) is 0 Å². The smallest absolute Gasteiger partial charge is 0.410 e. The first kappa shape index (κ1) is 65.1. The zero-order valence-electron chi connectivity index (χ0n) is 45.6. The third-order valence-electron chi connectivity index (χ3n) is 12.5. The molecule has 0 aromatic rings. The fraction of sp³-hybridized carbons (Fsp3) is 0.875. The maximum Gasteiger partial charge on any atom is 0.410 e. The second-order valence-corrected chi connectivity index (χ2v) is 20.8. The summed E-state index contributed by atoms with van der Waals surface area (Å²) in [6, 6.07) is -0.711. The standard InChI is InChI=1S/C56H99NO14/c1-8-12-16-20-24-28-32-49(58)65-40-45(41-66-50(59)33-29-25-21-17-13-9-2)36-53(62)69-44-47-38-48(39-57(47)55(64)71-56(5,6)7)70-54(63)37-46(42-67-51(60)34-30-26-22-18-14-10-3)43-68-52(61)35-31-27-23-19-15-11-4/h45-48H,8-44H2,1-7H3/t47-,48-/m1/s1. The number of ether oxygens (including phenoxy) is 7. The summed E-state index contributed by atoms with van der Waals surface area (Å²) >= 11 is 0. The lowest BCUT2D eigenvalue weighted by Crippen LogP contribution is -2.42. The maximum atomic E-state index is 13.5. The van der Waals surface area contributed by atoms with Gasteiger partial charge in [0.05, 0.1) is 51.9 Å². The van der Waals surface area contributed by atoms with Crippen molar-refractivity contribution in [1.29, 1.82) is 0 Å². The van der Waals surface area contributed by atoms with Crippen LogP contribution in [0, 0.1) is 11.8 Å². The van der Waals surface area contributed by atoms with Crippen molar-refractivity contribution in [1.82, 2.24) is 4.90 Å². The average Bonchev–Trinajstić information content (AvgIpc) is 3.73. The summed E-state index contributed by atoms with van der Waals surface area (Å²) in [5, 5.41) is 0. The van der Waals surface area contributed by atoms with Gasteiger partial charge in [-0.1, -0.05) is 156 Å². The second-order valence-electron chi connectivity index (χ2n) is 20.8. The lowest BCUT2D eigenvalue weighted by molar-refractivity contribution is -0.157. The van der Waals surface area contributed by atoms with Gasteiger partial charge in [0, 0.05) is 43.9 Å². The monoisotopic (exact) mass is 1010 g/mol. The molecule has 0 radical (unpaired) electrons. The molecule has 15 heteroatoms. The summed E-state index contributed by atoms with van der Waals surface area (Å²) in [5.74, 6) is -4.07. The van der Waals surface area contributed by atoms with E-state index in [1.807, 2.05) is 0 Å². The molecule has 0 bridgehead atoms. The summed E-state index contributed by atoms with van der Waals surface area (Å²) in [6.45, 7) is 13.0. The van der Waals surface area contributed by atoms with Crippen molar-refractivity contribution < 1.29 is 66.7 Å². The molecular formula is C56H99NO14. The van der Waals surface area contributed by atoms with Gasteiger partial charge in [-0.25, -0.2) is 4.79 Å². The molecule has 1 aliphatic rings. The molecule has 0 aromatic carbocycles. The number of rotatable bonds is 43. The van der Waals surface area contributed by atoms with E-state index in [-0.39, 0.29) is 108 Å². The number of likely N-dealkylation sites (tertiary alicyclic amines) is 1. The van der Waals surface area contributed by atoms with E-state index in [4.69, 9.17) is 33.2 Å². The number of hydrogen-bond donors (Lipinski definition) is 0. The van der Waals surface area contributed by atoms with Crippen LogP contribution >= 0.6 is 0 Å². The van der Waals surface area contributed by atoms with Crippen molar-refractivity contribution in [2.45, 2.75) is 265 Å². The summed E-state index contributed by atoms with van der Waals surface area (Å²) in [6.07, 6.45) is 23.8. The van der Waals surface area contributed by atoms with Gasteiger partial charge < -0.3 is 33.2 Å². The van der Waals surface area contributed by atoms with Gasteiger partial charge in [0.1, 0.15) is 18.3 Å². The van der Waals surface area contributed by atoms with Crippen LogP contribution in [0.15, 0.2) is 0 Å². The Kier molecular flexibility index (Phi) is 38.1. The predicted molar refractivity (Wildman–Crippen MR) is 274 cm³/mol. The molecule has 1 rings (SSSR count). The molecule has 0 saturated carbocycles.